The van der Waals surface area contributed by atoms with Crippen LogP contribution in [-0.4, -0.2) is 4.98 Å². The third-order valence-electron chi connectivity index (χ3n) is 3.54. The standard InChI is InChI=1S/C13H21NS/c1-10-5-3-7-12(8-4-6-10)13-9-14-11(2)15-13/h9-10,12H,3-8H2,1-2H3. The molecule has 1 aromatic rings. The van der Waals surface area contributed by atoms with Crippen molar-refractivity contribution in [2.24, 2.45) is 5.92 Å². The van der Waals surface area contributed by atoms with Gasteiger partial charge in [0.1, 0.15) is 0 Å². The number of aryl methyl sites for hydroxylation is 1. The molecule has 0 saturated heterocycles. The molecule has 84 valence electrons. The summed E-state index contributed by atoms with van der Waals surface area (Å²) in [7, 11) is 0. The molecule has 1 aliphatic rings. The van der Waals surface area contributed by atoms with Crippen LogP contribution in [0.3, 0.4) is 0 Å². The number of rotatable bonds is 1. The summed E-state index contributed by atoms with van der Waals surface area (Å²) in [6.45, 7) is 4.51. The smallest absolute Gasteiger partial charge is 0.0896 e. The van der Waals surface area contributed by atoms with Gasteiger partial charge < -0.3 is 0 Å². The van der Waals surface area contributed by atoms with Crippen LogP contribution in [0.1, 0.15) is 61.3 Å². The van der Waals surface area contributed by atoms with Crippen molar-refractivity contribution < 1.29 is 0 Å². The molecular formula is C13H21NS. The van der Waals surface area contributed by atoms with Crippen molar-refractivity contribution in [3.63, 3.8) is 0 Å². The van der Waals surface area contributed by atoms with E-state index in [9.17, 15) is 0 Å². The van der Waals surface area contributed by atoms with Gasteiger partial charge in [0.15, 0.2) is 0 Å². The zero-order valence-electron chi connectivity index (χ0n) is 9.83. The van der Waals surface area contributed by atoms with Gasteiger partial charge in [0, 0.05) is 11.1 Å². The molecule has 0 amide bonds. The lowest BCUT2D eigenvalue weighted by atomic mass is 9.86. The fourth-order valence-electron chi connectivity index (χ4n) is 2.57. The summed E-state index contributed by atoms with van der Waals surface area (Å²) in [5.74, 6) is 1.76. The topological polar surface area (TPSA) is 12.9 Å². The van der Waals surface area contributed by atoms with Gasteiger partial charge in [-0.1, -0.05) is 32.6 Å². The van der Waals surface area contributed by atoms with Crippen molar-refractivity contribution in [2.75, 3.05) is 0 Å². The third-order valence-corrected chi connectivity index (χ3v) is 4.62. The van der Waals surface area contributed by atoms with Crippen molar-refractivity contribution in [1.82, 2.24) is 4.98 Å². The van der Waals surface area contributed by atoms with Crippen molar-refractivity contribution in [3.8, 4) is 0 Å². The Labute approximate surface area is 96.9 Å². The van der Waals surface area contributed by atoms with Gasteiger partial charge in [-0.15, -0.1) is 11.3 Å². The zero-order chi connectivity index (χ0) is 10.7. The summed E-state index contributed by atoms with van der Waals surface area (Å²) in [6, 6.07) is 0. The first-order valence-electron chi connectivity index (χ1n) is 6.18. The summed E-state index contributed by atoms with van der Waals surface area (Å²) in [6.07, 6.45) is 10.5. The Morgan fingerprint density at radius 1 is 1.20 bits per heavy atom. The highest BCUT2D eigenvalue weighted by atomic mass is 32.1. The van der Waals surface area contributed by atoms with Crippen LogP contribution in [0, 0.1) is 12.8 Å². The molecule has 0 aromatic carbocycles. The summed E-state index contributed by atoms with van der Waals surface area (Å²) < 4.78 is 0. The molecule has 1 nitrogen and oxygen atoms in total. The molecule has 0 bridgehead atoms. The lowest BCUT2D eigenvalue weighted by Gasteiger charge is -2.21. The molecule has 0 unspecified atom stereocenters. The van der Waals surface area contributed by atoms with E-state index >= 15 is 0 Å². The monoisotopic (exact) mass is 223 g/mol. The number of hydrogen-bond donors (Lipinski definition) is 0. The SMILES string of the molecule is Cc1ncc(C2CCCC(C)CCC2)s1. The molecule has 1 aromatic heterocycles. The highest BCUT2D eigenvalue weighted by molar-refractivity contribution is 7.11. The molecule has 1 aliphatic carbocycles. The first-order chi connectivity index (χ1) is 7.25. The van der Waals surface area contributed by atoms with E-state index in [-0.39, 0.29) is 0 Å². The van der Waals surface area contributed by atoms with E-state index < -0.39 is 0 Å². The van der Waals surface area contributed by atoms with Crippen LogP contribution in [0.4, 0.5) is 0 Å². The normalized spacial score (nSPS) is 28.4. The number of hydrogen-bond acceptors (Lipinski definition) is 2. The van der Waals surface area contributed by atoms with E-state index in [4.69, 9.17) is 0 Å². The van der Waals surface area contributed by atoms with Gasteiger partial charge in [0.2, 0.25) is 0 Å². The maximum atomic E-state index is 4.38. The van der Waals surface area contributed by atoms with E-state index in [2.05, 4.69) is 25.0 Å². The molecule has 2 heteroatoms. The van der Waals surface area contributed by atoms with Gasteiger partial charge in [-0.05, 0) is 31.6 Å². The quantitative estimate of drug-likeness (QED) is 0.682. The summed E-state index contributed by atoms with van der Waals surface area (Å²) in [5, 5.41) is 1.22. The molecule has 0 N–H and O–H groups in total. The Hall–Kier alpha value is -0.370. The minimum absolute atomic E-state index is 0.809. The van der Waals surface area contributed by atoms with Crippen LogP contribution in [0.15, 0.2) is 6.20 Å². The molecule has 0 radical (unpaired) electrons. The van der Waals surface area contributed by atoms with E-state index in [1.54, 1.807) is 0 Å². The summed E-state index contributed by atoms with van der Waals surface area (Å²) in [5.41, 5.74) is 0. The molecule has 2 rings (SSSR count). The Bertz CT molecular complexity index is 295. The number of aromatic nitrogens is 1. The molecule has 1 heterocycles. The van der Waals surface area contributed by atoms with E-state index in [1.807, 2.05) is 11.3 Å². The Morgan fingerprint density at radius 2 is 1.87 bits per heavy atom. The highest BCUT2D eigenvalue weighted by Crippen LogP contribution is 2.34. The van der Waals surface area contributed by atoms with E-state index in [1.165, 1.54) is 48.4 Å². The van der Waals surface area contributed by atoms with Gasteiger partial charge in [-0.3, -0.25) is 0 Å². The highest BCUT2D eigenvalue weighted by Gasteiger charge is 2.17. The van der Waals surface area contributed by atoms with Crippen LogP contribution in [-0.2, 0) is 0 Å². The van der Waals surface area contributed by atoms with Gasteiger partial charge in [0.25, 0.3) is 0 Å². The second kappa shape index (κ2) is 5.11. The maximum absolute atomic E-state index is 4.38. The minimum atomic E-state index is 0.809. The van der Waals surface area contributed by atoms with E-state index in [0.29, 0.717) is 0 Å². The van der Waals surface area contributed by atoms with Gasteiger partial charge in [-0.2, -0.15) is 0 Å². The van der Waals surface area contributed by atoms with Crippen molar-refractivity contribution in [3.05, 3.63) is 16.1 Å². The Morgan fingerprint density at radius 3 is 2.40 bits per heavy atom. The average Bonchev–Trinajstić information content (AvgIpc) is 2.58. The summed E-state index contributed by atoms with van der Waals surface area (Å²) in [4.78, 5) is 5.91. The first-order valence-corrected chi connectivity index (χ1v) is 6.99. The van der Waals surface area contributed by atoms with Crippen LogP contribution in [0.25, 0.3) is 0 Å². The van der Waals surface area contributed by atoms with Gasteiger partial charge in [0.05, 0.1) is 5.01 Å². The lowest BCUT2D eigenvalue weighted by molar-refractivity contribution is 0.380. The molecule has 0 spiro atoms. The fourth-order valence-corrected chi connectivity index (χ4v) is 3.52. The zero-order valence-corrected chi connectivity index (χ0v) is 10.6. The number of nitrogens with zero attached hydrogens (tertiary/aromatic N) is 1. The maximum Gasteiger partial charge on any atom is 0.0896 e. The summed E-state index contributed by atoms with van der Waals surface area (Å²) >= 11 is 1.90. The van der Waals surface area contributed by atoms with Crippen molar-refractivity contribution >= 4 is 11.3 Å². The van der Waals surface area contributed by atoms with Gasteiger partial charge in [-0.25, -0.2) is 4.98 Å². The number of thiazole rings is 1. The van der Waals surface area contributed by atoms with Crippen molar-refractivity contribution in [1.29, 1.82) is 0 Å². The van der Waals surface area contributed by atoms with Crippen LogP contribution < -0.4 is 0 Å². The second-order valence-electron chi connectivity index (χ2n) is 4.95. The molecule has 1 saturated carbocycles. The molecule has 0 atom stereocenters. The lowest BCUT2D eigenvalue weighted by Crippen LogP contribution is -2.05. The Balaban J connectivity index is 1.97. The van der Waals surface area contributed by atoms with E-state index in [0.717, 1.165) is 11.8 Å². The molecule has 15 heavy (non-hydrogen) atoms. The molecule has 1 fully saturated rings. The largest absolute Gasteiger partial charge is 0.250 e. The predicted octanol–water partition coefficient (Wildman–Crippen LogP) is 4.53. The molecule has 0 aliphatic heterocycles. The fraction of sp³-hybridized carbons (Fsp3) is 0.769. The van der Waals surface area contributed by atoms with Crippen LogP contribution in [0.2, 0.25) is 0 Å². The van der Waals surface area contributed by atoms with Crippen LogP contribution >= 0.6 is 11.3 Å². The first kappa shape index (κ1) is 11.1. The van der Waals surface area contributed by atoms with Gasteiger partial charge >= 0.3 is 0 Å². The van der Waals surface area contributed by atoms with Crippen molar-refractivity contribution in [2.45, 2.75) is 58.3 Å². The molecular weight excluding hydrogens is 202 g/mol. The second-order valence-corrected chi connectivity index (χ2v) is 6.21. The third kappa shape index (κ3) is 3.04. The average molecular weight is 223 g/mol. The van der Waals surface area contributed by atoms with Crippen LogP contribution in [0.5, 0.6) is 0 Å². The Kier molecular flexibility index (Phi) is 3.79. The predicted molar refractivity (Wildman–Crippen MR) is 66.5 cm³/mol. The minimum Gasteiger partial charge on any atom is -0.250 e.